The first-order chi connectivity index (χ1) is 11.3. The molecule has 0 amide bonds. The van der Waals surface area contributed by atoms with Crippen molar-refractivity contribution in [1.82, 2.24) is 9.88 Å². The molecule has 3 nitrogen and oxygen atoms in total. The lowest BCUT2D eigenvalue weighted by Crippen LogP contribution is -2.29. The second-order valence-electron chi connectivity index (χ2n) is 6.17. The van der Waals surface area contributed by atoms with E-state index < -0.39 is 0 Å². The molecule has 0 atom stereocenters. The van der Waals surface area contributed by atoms with E-state index in [1.165, 1.54) is 27.7 Å². The van der Waals surface area contributed by atoms with Gasteiger partial charge in [0.2, 0.25) is 0 Å². The molecule has 0 bridgehead atoms. The highest BCUT2D eigenvalue weighted by molar-refractivity contribution is 5.86. The molecule has 4 rings (SSSR count). The van der Waals surface area contributed by atoms with Gasteiger partial charge in [0, 0.05) is 42.7 Å². The van der Waals surface area contributed by atoms with Crippen molar-refractivity contribution in [2.24, 2.45) is 0 Å². The van der Waals surface area contributed by atoms with Crippen LogP contribution in [-0.4, -0.2) is 23.0 Å². The minimum atomic E-state index is 0.707. The molecule has 3 heteroatoms. The van der Waals surface area contributed by atoms with Crippen LogP contribution in [0.4, 0.5) is 0 Å². The maximum Gasteiger partial charge on any atom is 0.120 e. The minimum Gasteiger partial charge on any atom is -0.494 e. The molecular formula is C20H22N2O. The van der Waals surface area contributed by atoms with Gasteiger partial charge in [0.15, 0.2) is 0 Å². The molecule has 2 heterocycles. The van der Waals surface area contributed by atoms with Crippen LogP contribution < -0.4 is 4.74 Å². The Morgan fingerprint density at radius 1 is 1.13 bits per heavy atom. The van der Waals surface area contributed by atoms with Gasteiger partial charge < -0.3 is 9.72 Å². The third-order valence-electron chi connectivity index (χ3n) is 4.59. The molecule has 0 spiro atoms. The topological polar surface area (TPSA) is 28.3 Å². The standard InChI is InChI=1S/C20H22N2O/c1-2-23-16-8-9-19-17(12-16)18-14-22(11-10-20(18)21-19)13-15-6-4-3-5-7-15/h3-9,12,21H,2,10-11,13-14H2,1H3. The molecule has 1 N–H and O–H groups in total. The summed E-state index contributed by atoms with van der Waals surface area (Å²) in [5.41, 5.74) is 5.42. The number of benzene rings is 2. The number of nitrogens with zero attached hydrogens (tertiary/aromatic N) is 1. The van der Waals surface area contributed by atoms with E-state index in [2.05, 4.69) is 58.4 Å². The molecule has 1 aliphatic heterocycles. The Hall–Kier alpha value is -2.26. The number of rotatable bonds is 4. The number of H-pyrrole nitrogens is 1. The van der Waals surface area contributed by atoms with Crippen molar-refractivity contribution in [3.8, 4) is 5.75 Å². The van der Waals surface area contributed by atoms with Gasteiger partial charge in [-0.05, 0) is 36.2 Å². The Balaban J connectivity index is 1.62. The molecule has 0 radical (unpaired) electrons. The SMILES string of the molecule is CCOc1ccc2[nH]c3c(c2c1)CN(Cc1ccccc1)CC3. The van der Waals surface area contributed by atoms with Gasteiger partial charge in [0.25, 0.3) is 0 Å². The fourth-order valence-electron chi connectivity index (χ4n) is 3.48. The zero-order chi connectivity index (χ0) is 15.6. The summed E-state index contributed by atoms with van der Waals surface area (Å²) in [6, 6.07) is 17.1. The van der Waals surface area contributed by atoms with Crippen molar-refractivity contribution >= 4 is 10.9 Å². The molecule has 1 aliphatic rings. The summed E-state index contributed by atoms with van der Waals surface area (Å²) in [6.45, 7) is 5.85. The zero-order valence-electron chi connectivity index (χ0n) is 13.5. The molecule has 0 fully saturated rings. The molecule has 0 unspecified atom stereocenters. The first-order valence-corrected chi connectivity index (χ1v) is 8.36. The number of aromatic nitrogens is 1. The average Bonchev–Trinajstić information content (AvgIpc) is 2.94. The van der Waals surface area contributed by atoms with Gasteiger partial charge >= 0.3 is 0 Å². The van der Waals surface area contributed by atoms with E-state index in [9.17, 15) is 0 Å². The number of nitrogens with one attached hydrogen (secondary N) is 1. The van der Waals surface area contributed by atoms with E-state index in [0.717, 1.165) is 31.8 Å². The first kappa shape index (κ1) is 14.3. The summed E-state index contributed by atoms with van der Waals surface area (Å²) in [4.78, 5) is 6.11. The highest BCUT2D eigenvalue weighted by Gasteiger charge is 2.21. The van der Waals surface area contributed by atoms with Crippen LogP contribution in [0.25, 0.3) is 10.9 Å². The van der Waals surface area contributed by atoms with Crippen molar-refractivity contribution < 1.29 is 4.74 Å². The van der Waals surface area contributed by atoms with Crippen LogP contribution in [0.2, 0.25) is 0 Å². The normalized spacial score (nSPS) is 14.8. The largest absolute Gasteiger partial charge is 0.494 e. The second kappa shape index (κ2) is 6.09. The summed E-state index contributed by atoms with van der Waals surface area (Å²) in [6.07, 6.45) is 1.08. The fraction of sp³-hybridized carbons (Fsp3) is 0.300. The third-order valence-corrected chi connectivity index (χ3v) is 4.59. The Labute approximate surface area is 136 Å². The molecule has 0 saturated heterocycles. The highest BCUT2D eigenvalue weighted by atomic mass is 16.5. The van der Waals surface area contributed by atoms with E-state index in [-0.39, 0.29) is 0 Å². The van der Waals surface area contributed by atoms with Gasteiger partial charge in [-0.15, -0.1) is 0 Å². The Morgan fingerprint density at radius 3 is 2.83 bits per heavy atom. The van der Waals surface area contributed by atoms with Crippen LogP contribution in [0.1, 0.15) is 23.7 Å². The molecule has 3 aromatic rings. The van der Waals surface area contributed by atoms with Crippen molar-refractivity contribution in [3.05, 3.63) is 65.4 Å². The summed E-state index contributed by atoms with van der Waals surface area (Å²) >= 11 is 0. The van der Waals surface area contributed by atoms with Crippen LogP contribution in [0.15, 0.2) is 48.5 Å². The third kappa shape index (κ3) is 2.84. The Kier molecular flexibility index (Phi) is 3.80. The number of hydrogen-bond acceptors (Lipinski definition) is 2. The van der Waals surface area contributed by atoms with Gasteiger partial charge in [-0.2, -0.15) is 0 Å². The van der Waals surface area contributed by atoms with Crippen LogP contribution >= 0.6 is 0 Å². The molecule has 1 aromatic heterocycles. The fourth-order valence-corrected chi connectivity index (χ4v) is 3.48. The van der Waals surface area contributed by atoms with Gasteiger partial charge in [-0.1, -0.05) is 30.3 Å². The van der Waals surface area contributed by atoms with Gasteiger partial charge in [-0.3, -0.25) is 4.90 Å². The summed E-state index contributed by atoms with van der Waals surface area (Å²) in [7, 11) is 0. The van der Waals surface area contributed by atoms with Crippen LogP contribution in [0.3, 0.4) is 0 Å². The van der Waals surface area contributed by atoms with Crippen molar-refractivity contribution in [2.75, 3.05) is 13.2 Å². The van der Waals surface area contributed by atoms with Crippen molar-refractivity contribution in [1.29, 1.82) is 0 Å². The number of ether oxygens (including phenoxy) is 1. The van der Waals surface area contributed by atoms with Crippen molar-refractivity contribution in [3.63, 3.8) is 0 Å². The van der Waals surface area contributed by atoms with E-state index in [1.807, 2.05) is 6.92 Å². The predicted octanol–water partition coefficient (Wildman–Crippen LogP) is 4.12. The minimum absolute atomic E-state index is 0.707. The Morgan fingerprint density at radius 2 is 2.00 bits per heavy atom. The number of aromatic amines is 1. The monoisotopic (exact) mass is 306 g/mol. The lowest BCUT2D eigenvalue weighted by Gasteiger charge is -2.27. The smallest absolute Gasteiger partial charge is 0.120 e. The average molecular weight is 306 g/mol. The lowest BCUT2D eigenvalue weighted by atomic mass is 10.0. The van der Waals surface area contributed by atoms with Gasteiger partial charge in [0.05, 0.1) is 6.61 Å². The maximum atomic E-state index is 5.67. The van der Waals surface area contributed by atoms with Crippen LogP contribution in [0.5, 0.6) is 5.75 Å². The first-order valence-electron chi connectivity index (χ1n) is 8.36. The lowest BCUT2D eigenvalue weighted by molar-refractivity contribution is 0.245. The van der Waals surface area contributed by atoms with E-state index >= 15 is 0 Å². The van der Waals surface area contributed by atoms with E-state index in [4.69, 9.17) is 4.74 Å². The predicted molar refractivity (Wildman–Crippen MR) is 93.7 cm³/mol. The maximum absolute atomic E-state index is 5.67. The van der Waals surface area contributed by atoms with E-state index in [1.54, 1.807) is 0 Å². The molecule has 0 saturated carbocycles. The summed E-state index contributed by atoms with van der Waals surface area (Å²) in [5.74, 6) is 0.960. The zero-order valence-corrected chi connectivity index (χ0v) is 13.5. The quantitative estimate of drug-likeness (QED) is 0.785. The molecule has 0 aliphatic carbocycles. The molecule has 2 aromatic carbocycles. The summed E-state index contributed by atoms with van der Waals surface area (Å²) in [5, 5.41) is 1.31. The van der Waals surface area contributed by atoms with Gasteiger partial charge in [-0.25, -0.2) is 0 Å². The molecule has 23 heavy (non-hydrogen) atoms. The number of fused-ring (bicyclic) bond motifs is 3. The summed E-state index contributed by atoms with van der Waals surface area (Å²) < 4.78 is 5.67. The molecular weight excluding hydrogens is 284 g/mol. The van der Waals surface area contributed by atoms with Crippen molar-refractivity contribution in [2.45, 2.75) is 26.4 Å². The number of hydrogen-bond donors (Lipinski definition) is 1. The van der Waals surface area contributed by atoms with Crippen LogP contribution in [0, 0.1) is 0 Å². The Bertz CT molecular complexity index is 807. The van der Waals surface area contributed by atoms with E-state index in [0.29, 0.717) is 6.61 Å². The highest BCUT2D eigenvalue weighted by Crippen LogP contribution is 2.31. The second-order valence-corrected chi connectivity index (χ2v) is 6.17. The van der Waals surface area contributed by atoms with Crippen LogP contribution in [-0.2, 0) is 19.5 Å². The molecule has 118 valence electrons. The van der Waals surface area contributed by atoms with Gasteiger partial charge in [0.1, 0.15) is 5.75 Å².